The molecule has 1 heterocycles. The van der Waals surface area contributed by atoms with Crippen LogP contribution in [0, 0.1) is 11.6 Å². The number of carbonyl (C=O) groups is 2. The van der Waals surface area contributed by atoms with Gasteiger partial charge in [-0.25, -0.2) is 13.6 Å². The topological polar surface area (TPSA) is 70.7 Å². The van der Waals surface area contributed by atoms with Gasteiger partial charge >= 0.3 is 6.03 Å². The summed E-state index contributed by atoms with van der Waals surface area (Å²) in [4.78, 5) is 26.4. The van der Waals surface area contributed by atoms with Crippen LogP contribution in [-0.2, 0) is 0 Å². The molecule has 0 saturated heterocycles. The zero-order valence-corrected chi connectivity index (χ0v) is 15.2. The normalized spacial score (nSPS) is 12.4. The maximum atomic E-state index is 13.7. The molecule has 0 saturated carbocycles. The first-order valence-electron chi connectivity index (χ1n) is 8.65. The Balaban J connectivity index is 1.59. The number of hydrogen-bond donors (Lipinski definition) is 2. The molecule has 3 aromatic rings. The molecule has 0 aromatic heterocycles. The van der Waals surface area contributed by atoms with Crippen molar-refractivity contribution in [2.75, 3.05) is 22.6 Å². The van der Waals surface area contributed by atoms with Crippen molar-refractivity contribution in [1.29, 1.82) is 0 Å². The number of hydrogen-bond acceptors (Lipinski definition) is 3. The van der Waals surface area contributed by atoms with Crippen molar-refractivity contribution in [3.63, 3.8) is 0 Å². The molecule has 0 unspecified atom stereocenters. The third-order valence-electron chi connectivity index (χ3n) is 4.42. The van der Waals surface area contributed by atoms with E-state index in [1.165, 1.54) is 23.1 Å². The van der Waals surface area contributed by atoms with E-state index < -0.39 is 23.4 Å². The van der Waals surface area contributed by atoms with Crippen molar-refractivity contribution in [3.8, 4) is 11.5 Å². The van der Waals surface area contributed by atoms with E-state index in [-0.39, 0.29) is 17.2 Å². The number of para-hydroxylation sites is 3. The van der Waals surface area contributed by atoms with Crippen LogP contribution < -0.4 is 20.3 Å². The fourth-order valence-corrected chi connectivity index (χ4v) is 2.99. The standard InChI is InChI=1S/C21H15F2N3O3/c1-26-16-7-2-3-8-18(16)29-17-10-9-12(11-13(17)20(26)27)24-21(28)25-19-14(22)5-4-6-15(19)23/h2-11H,1H3,(H2,24,25,28). The molecule has 4 rings (SSSR count). The zero-order chi connectivity index (χ0) is 20.5. The predicted molar refractivity (Wildman–Crippen MR) is 105 cm³/mol. The van der Waals surface area contributed by atoms with Gasteiger partial charge in [-0.05, 0) is 42.5 Å². The molecule has 1 aliphatic heterocycles. The van der Waals surface area contributed by atoms with Gasteiger partial charge in [-0.1, -0.05) is 18.2 Å². The number of halogens is 2. The number of nitrogens with one attached hydrogen (secondary N) is 2. The Morgan fingerprint density at radius 1 is 0.931 bits per heavy atom. The first kappa shape index (κ1) is 18.4. The number of amides is 3. The minimum absolute atomic E-state index is 0.235. The van der Waals surface area contributed by atoms with Gasteiger partial charge in [0.2, 0.25) is 0 Å². The van der Waals surface area contributed by atoms with Crippen molar-refractivity contribution in [2.24, 2.45) is 0 Å². The summed E-state index contributed by atoms with van der Waals surface area (Å²) in [6.45, 7) is 0. The van der Waals surface area contributed by atoms with Gasteiger partial charge in [0.25, 0.3) is 5.91 Å². The number of urea groups is 1. The predicted octanol–water partition coefficient (Wildman–Crippen LogP) is 4.99. The van der Waals surface area contributed by atoms with Crippen LogP contribution in [-0.4, -0.2) is 19.0 Å². The minimum Gasteiger partial charge on any atom is -0.454 e. The second-order valence-electron chi connectivity index (χ2n) is 6.32. The van der Waals surface area contributed by atoms with Crippen molar-refractivity contribution in [1.82, 2.24) is 0 Å². The molecule has 0 radical (unpaired) electrons. The van der Waals surface area contributed by atoms with Gasteiger partial charge in [0.05, 0.1) is 11.3 Å². The molecule has 0 spiro atoms. The van der Waals surface area contributed by atoms with Gasteiger partial charge in [-0.3, -0.25) is 4.79 Å². The maximum absolute atomic E-state index is 13.7. The molecule has 0 atom stereocenters. The molecule has 3 aromatic carbocycles. The van der Waals surface area contributed by atoms with Crippen molar-refractivity contribution >= 4 is 29.0 Å². The molecular formula is C21H15F2N3O3. The van der Waals surface area contributed by atoms with Crippen LogP contribution in [0.1, 0.15) is 10.4 Å². The Morgan fingerprint density at radius 2 is 1.66 bits per heavy atom. The average molecular weight is 395 g/mol. The second-order valence-corrected chi connectivity index (χ2v) is 6.32. The molecule has 8 heteroatoms. The lowest BCUT2D eigenvalue weighted by Crippen LogP contribution is -2.25. The summed E-state index contributed by atoms with van der Waals surface area (Å²) in [5, 5.41) is 4.59. The molecule has 6 nitrogen and oxygen atoms in total. The first-order valence-corrected chi connectivity index (χ1v) is 8.65. The molecule has 0 bridgehead atoms. The van der Waals surface area contributed by atoms with E-state index >= 15 is 0 Å². The third-order valence-corrected chi connectivity index (χ3v) is 4.42. The Labute approximate surface area is 164 Å². The number of nitrogens with zero attached hydrogens (tertiary/aromatic N) is 1. The smallest absolute Gasteiger partial charge is 0.323 e. The molecular weight excluding hydrogens is 380 g/mol. The van der Waals surface area contributed by atoms with Gasteiger partial charge in [-0.15, -0.1) is 0 Å². The third kappa shape index (κ3) is 3.47. The van der Waals surface area contributed by atoms with Crippen LogP contribution in [0.3, 0.4) is 0 Å². The SMILES string of the molecule is CN1C(=O)c2cc(NC(=O)Nc3c(F)cccc3F)ccc2Oc2ccccc21. The van der Waals surface area contributed by atoms with E-state index in [2.05, 4.69) is 10.6 Å². The second kappa shape index (κ2) is 7.23. The zero-order valence-electron chi connectivity index (χ0n) is 15.2. The summed E-state index contributed by atoms with van der Waals surface area (Å²) in [7, 11) is 1.62. The van der Waals surface area contributed by atoms with Gasteiger partial charge in [0.1, 0.15) is 23.1 Å². The van der Waals surface area contributed by atoms with Crippen molar-refractivity contribution in [3.05, 3.63) is 77.9 Å². The van der Waals surface area contributed by atoms with Crippen molar-refractivity contribution < 1.29 is 23.1 Å². The van der Waals surface area contributed by atoms with Crippen LogP contribution >= 0.6 is 0 Å². The first-order chi connectivity index (χ1) is 13.9. The number of benzene rings is 3. The quantitative estimate of drug-likeness (QED) is 0.642. The molecule has 3 amide bonds. The molecule has 0 aliphatic carbocycles. The summed E-state index contributed by atoms with van der Waals surface area (Å²) in [6.07, 6.45) is 0. The monoisotopic (exact) mass is 395 g/mol. The highest BCUT2D eigenvalue weighted by Gasteiger charge is 2.26. The fraction of sp³-hybridized carbons (Fsp3) is 0.0476. The average Bonchev–Trinajstić information content (AvgIpc) is 2.81. The van der Waals surface area contributed by atoms with Gasteiger partial charge < -0.3 is 20.3 Å². The van der Waals surface area contributed by atoms with Crippen LogP contribution in [0.2, 0.25) is 0 Å². The van der Waals surface area contributed by atoms with Crippen molar-refractivity contribution in [2.45, 2.75) is 0 Å². The molecule has 29 heavy (non-hydrogen) atoms. The Bertz CT molecular complexity index is 1110. The van der Waals surface area contributed by atoms with E-state index in [9.17, 15) is 18.4 Å². The van der Waals surface area contributed by atoms with E-state index in [1.807, 2.05) is 0 Å². The Hall–Kier alpha value is -3.94. The van der Waals surface area contributed by atoms with Crippen LogP contribution in [0.5, 0.6) is 11.5 Å². The Morgan fingerprint density at radius 3 is 2.41 bits per heavy atom. The van der Waals surface area contributed by atoms with Gasteiger partial charge in [0.15, 0.2) is 5.75 Å². The van der Waals surface area contributed by atoms with E-state index in [0.29, 0.717) is 17.2 Å². The summed E-state index contributed by atoms with van der Waals surface area (Å²) >= 11 is 0. The maximum Gasteiger partial charge on any atom is 0.323 e. The highest BCUT2D eigenvalue weighted by molar-refractivity contribution is 6.10. The van der Waals surface area contributed by atoms with Crippen LogP contribution in [0.4, 0.5) is 30.6 Å². The van der Waals surface area contributed by atoms with E-state index in [1.54, 1.807) is 37.4 Å². The molecule has 0 fully saturated rings. The number of fused-ring (bicyclic) bond motifs is 2. The van der Waals surface area contributed by atoms with E-state index in [4.69, 9.17) is 4.74 Å². The van der Waals surface area contributed by atoms with Crippen LogP contribution in [0.25, 0.3) is 0 Å². The molecule has 1 aliphatic rings. The molecule has 146 valence electrons. The van der Waals surface area contributed by atoms with Gasteiger partial charge in [-0.2, -0.15) is 0 Å². The lowest BCUT2D eigenvalue weighted by molar-refractivity contribution is 0.0993. The number of carbonyl (C=O) groups excluding carboxylic acids is 2. The summed E-state index contributed by atoms with van der Waals surface area (Å²) in [5.74, 6) is -1.27. The lowest BCUT2D eigenvalue weighted by Gasteiger charge is -2.16. The van der Waals surface area contributed by atoms with E-state index in [0.717, 1.165) is 12.1 Å². The lowest BCUT2D eigenvalue weighted by atomic mass is 10.1. The fourth-order valence-electron chi connectivity index (χ4n) is 2.99. The summed E-state index contributed by atoms with van der Waals surface area (Å²) < 4.78 is 33.2. The highest BCUT2D eigenvalue weighted by atomic mass is 19.1. The number of anilines is 3. The number of rotatable bonds is 2. The highest BCUT2D eigenvalue weighted by Crippen LogP contribution is 2.38. The van der Waals surface area contributed by atoms with Gasteiger partial charge in [0, 0.05) is 12.7 Å². The Kier molecular flexibility index (Phi) is 4.59. The number of ether oxygens (including phenoxy) is 1. The van der Waals surface area contributed by atoms with Crippen LogP contribution in [0.15, 0.2) is 60.7 Å². The summed E-state index contributed by atoms with van der Waals surface area (Å²) in [6, 6.07) is 14.0. The molecule has 2 N–H and O–H groups in total. The minimum atomic E-state index is -0.898. The largest absolute Gasteiger partial charge is 0.454 e. The summed E-state index contributed by atoms with van der Waals surface area (Å²) in [5.41, 5.74) is 0.540.